The Morgan fingerprint density at radius 3 is 3.00 bits per heavy atom. The molecule has 1 saturated heterocycles. The second-order valence-electron chi connectivity index (χ2n) is 5.13. The van der Waals surface area contributed by atoms with E-state index in [9.17, 15) is 0 Å². The first-order chi connectivity index (χ1) is 9.31. The third kappa shape index (κ3) is 3.03. The summed E-state index contributed by atoms with van der Waals surface area (Å²) in [6.45, 7) is 6.21. The van der Waals surface area contributed by atoms with Crippen LogP contribution in [-0.2, 0) is 6.54 Å². The highest BCUT2D eigenvalue weighted by molar-refractivity contribution is 5.58. The van der Waals surface area contributed by atoms with Crippen molar-refractivity contribution in [2.45, 2.75) is 19.5 Å². The van der Waals surface area contributed by atoms with Crippen LogP contribution in [0.5, 0.6) is 0 Å². The van der Waals surface area contributed by atoms with Crippen molar-refractivity contribution in [2.75, 3.05) is 19.6 Å². The minimum Gasteiger partial charge on any atom is -0.359 e. The van der Waals surface area contributed by atoms with Crippen LogP contribution in [0.25, 0.3) is 11.3 Å². The van der Waals surface area contributed by atoms with Gasteiger partial charge in [0.2, 0.25) is 0 Å². The lowest BCUT2D eigenvalue weighted by molar-refractivity contribution is 0.180. The Kier molecular flexibility index (Phi) is 3.62. The number of benzene rings is 1. The summed E-state index contributed by atoms with van der Waals surface area (Å²) in [7, 11) is 0. The monoisotopic (exact) mass is 257 g/mol. The number of hydrogen-bond donors (Lipinski definition) is 1. The Balaban J connectivity index is 1.68. The van der Waals surface area contributed by atoms with Gasteiger partial charge in [0.15, 0.2) is 5.76 Å². The molecule has 2 heterocycles. The summed E-state index contributed by atoms with van der Waals surface area (Å²) >= 11 is 0. The molecule has 0 radical (unpaired) electrons. The molecule has 0 saturated carbocycles. The first-order valence-corrected chi connectivity index (χ1v) is 6.78. The highest BCUT2D eigenvalue weighted by atomic mass is 16.5. The molecule has 1 aromatic heterocycles. The Labute approximate surface area is 113 Å². The van der Waals surface area contributed by atoms with E-state index in [4.69, 9.17) is 4.52 Å². The number of nitrogens with one attached hydrogen (secondary N) is 1. The van der Waals surface area contributed by atoms with E-state index in [1.54, 1.807) is 0 Å². The molecule has 19 heavy (non-hydrogen) atoms. The molecule has 0 spiro atoms. The van der Waals surface area contributed by atoms with Gasteiger partial charge in [0.05, 0.1) is 6.54 Å². The lowest BCUT2D eigenvalue weighted by Gasteiger charge is -2.30. The van der Waals surface area contributed by atoms with Crippen LogP contribution in [0.1, 0.15) is 12.7 Å². The summed E-state index contributed by atoms with van der Waals surface area (Å²) < 4.78 is 5.44. The third-order valence-corrected chi connectivity index (χ3v) is 3.46. The summed E-state index contributed by atoms with van der Waals surface area (Å²) in [5.41, 5.74) is 2.02. The summed E-state index contributed by atoms with van der Waals surface area (Å²) in [6, 6.07) is 12.7. The van der Waals surface area contributed by atoms with E-state index in [-0.39, 0.29) is 0 Å². The van der Waals surface area contributed by atoms with Crippen molar-refractivity contribution in [1.82, 2.24) is 15.4 Å². The molecule has 0 unspecified atom stereocenters. The van der Waals surface area contributed by atoms with Crippen LogP contribution in [0.15, 0.2) is 40.9 Å². The number of aromatic nitrogens is 1. The molecule has 0 aliphatic carbocycles. The topological polar surface area (TPSA) is 41.3 Å². The van der Waals surface area contributed by atoms with Gasteiger partial charge in [-0.3, -0.25) is 4.90 Å². The maximum atomic E-state index is 5.44. The minimum atomic E-state index is 0.547. The SMILES string of the molecule is C[C@@H]1CN(Cc2cc(-c3ccccc3)no2)CCN1. The van der Waals surface area contributed by atoms with Crippen LogP contribution >= 0.6 is 0 Å². The molecule has 1 fully saturated rings. The Bertz CT molecular complexity index is 523. The molecule has 1 aliphatic rings. The first-order valence-electron chi connectivity index (χ1n) is 6.78. The van der Waals surface area contributed by atoms with Crippen LogP contribution in [0, 0.1) is 0 Å². The maximum absolute atomic E-state index is 5.44. The van der Waals surface area contributed by atoms with Crippen molar-refractivity contribution >= 4 is 0 Å². The number of piperazine rings is 1. The number of nitrogens with zero attached hydrogens (tertiary/aromatic N) is 2. The summed E-state index contributed by atoms with van der Waals surface area (Å²) in [6.07, 6.45) is 0. The zero-order valence-corrected chi connectivity index (χ0v) is 11.2. The van der Waals surface area contributed by atoms with Gasteiger partial charge in [-0.15, -0.1) is 0 Å². The Morgan fingerprint density at radius 2 is 2.21 bits per heavy atom. The molecule has 0 amide bonds. The minimum absolute atomic E-state index is 0.547. The van der Waals surface area contributed by atoms with Gasteiger partial charge in [0.25, 0.3) is 0 Å². The number of rotatable bonds is 3. The van der Waals surface area contributed by atoms with E-state index < -0.39 is 0 Å². The highest BCUT2D eigenvalue weighted by Crippen LogP contribution is 2.19. The molecular formula is C15H19N3O. The van der Waals surface area contributed by atoms with Crippen molar-refractivity contribution in [3.05, 3.63) is 42.2 Å². The fourth-order valence-electron chi connectivity index (χ4n) is 2.51. The average Bonchev–Trinajstić information content (AvgIpc) is 2.88. The van der Waals surface area contributed by atoms with E-state index >= 15 is 0 Å². The van der Waals surface area contributed by atoms with E-state index in [1.807, 2.05) is 24.3 Å². The average molecular weight is 257 g/mol. The molecule has 0 bridgehead atoms. The van der Waals surface area contributed by atoms with Crippen molar-refractivity contribution in [2.24, 2.45) is 0 Å². The molecule has 100 valence electrons. The van der Waals surface area contributed by atoms with Crippen molar-refractivity contribution in [3.8, 4) is 11.3 Å². The predicted molar refractivity (Wildman–Crippen MR) is 74.7 cm³/mol. The largest absolute Gasteiger partial charge is 0.359 e. The lowest BCUT2D eigenvalue weighted by atomic mass is 10.1. The van der Waals surface area contributed by atoms with E-state index in [2.05, 4.69) is 34.4 Å². The Morgan fingerprint density at radius 1 is 1.37 bits per heavy atom. The van der Waals surface area contributed by atoms with Gasteiger partial charge in [0, 0.05) is 37.3 Å². The molecule has 4 nitrogen and oxygen atoms in total. The summed E-state index contributed by atoms with van der Waals surface area (Å²) in [4.78, 5) is 2.40. The first kappa shape index (κ1) is 12.4. The smallest absolute Gasteiger partial charge is 0.151 e. The van der Waals surface area contributed by atoms with Gasteiger partial charge in [-0.2, -0.15) is 0 Å². The molecule has 1 N–H and O–H groups in total. The van der Waals surface area contributed by atoms with Crippen molar-refractivity contribution in [1.29, 1.82) is 0 Å². The van der Waals surface area contributed by atoms with Gasteiger partial charge < -0.3 is 9.84 Å². The zero-order valence-electron chi connectivity index (χ0n) is 11.2. The van der Waals surface area contributed by atoms with Crippen LogP contribution in [0.2, 0.25) is 0 Å². The van der Waals surface area contributed by atoms with Crippen LogP contribution < -0.4 is 5.32 Å². The summed E-state index contributed by atoms with van der Waals surface area (Å²) in [5.74, 6) is 0.938. The van der Waals surface area contributed by atoms with Gasteiger partial charge in [0.1, 0.15) is 5.69 Å². The van der Waals surface area contributed by atoms with Crippen LogP contribution in [-0.4, -0.2) is 35.7 Å². The van der Waals surface area contributed by atoms with Gasteiger partial charge >= 0.3 is 0 Å². The summed E-state index contributed by atoms with van der Waals surface area (Å²) in [5, 5.41) is 7.59. The second kappa shape index (κ2) is 5.55. The van der Waals surface area contributed by atoms with Crippen LogP contribution in [0.4, 0.5) is 0 Å². The molecule has 4 heteroatoms. The second-order valence-corrected chi connectivity index (χ2v) is 5.13. The van der Waals surface area contributed by atoms with Crippen LogP contribution in [0.3, 0.4) is 0 Å². The van der Waals surface area contributed by atoms with Gasteiger partial charge in [-0.1, -0.05) is 35.5 Å². The normalized spacial score (nSPS) is 20.6. The lowest BCUT2D eigenvalue weighted by Crippen LogP contribution is -2.48. The van der Waals surface area contributed by atoms with E-state index in [1.165, 1.54) is 0 Å². The van der Waals surface area contributed by atoms with E-state index in [0.29, 0.717) is 6.04 Å². The predicted octanol–water partition coefficient (Wildman–Crippen LogP) is 2.14. The number of hydrogen-bond acceptors (Lipinski definition) is 4. The molecule has 2 aromatic rings. The quantitative estimate of drug-likeness (QED) is 0.914. The fourth-order valence-corrected chi connectivity index (χ4v) is 2.51. The Hall–Kier alpha value is -1.65. The van der Waals surface area contributed by atoms with Crippen molar-refractivity contribution in [3.63, 3.8) is 0 Å². The van der Waals surface area contributed by atoms with Crippen molar-refractivity contribution < 1.29 is 4.52 Å². The molecule has 1 atom stereocenters. The maximum Gasteiger partial charge on any atom is 0.151 e. The fraction of sp³-hybridized carbons (Fsp3) is 0.400. The zero-order chi connectivity index (χ0) is 13.1. The molecule has 1 aromatic carbocycles. The molecule has 1 aliphatic heterocycles. The standard InChI is InChI=1S/C15H19N3O/c1-12-10-18(8-7-16-12)11-14-9-15(17-19-14)13-5-3-2-4-6-13/h2-6,9,12,16H,7-8,10-11H2,1H3/t12-/m1/s1. The molecule has 3 rings (SSSR count). The molecular weight excluding hydrogens is 238 g/mol. The highest BCUT2D eigenvalue weighted by Gasteiger charge is 2.17. The third-order valence-electron chi connectivity index (χ3n) is 3.46. The van der Waals surface area contributed by atoms with E-state index in [0.717, 1.165) is 43.2 Å². The van der Waals surface area contributed by atoms with Gasteiger partial charge in [-0.25, -0.2) is 0 Å². The van der Waals surface area contributed by atoms with Gasteiger partial charge in [-0.05, 0) is 6.92 Å².